The molecule has 0 spiro atoms. The van der Waals surface area contributed by atoms with Crippen molar-refractivity contribution >= 4 is 17.2 Å². The van der Waals surface area contributed by atoms with Gasteiger partial charge in [0, 0.05) is 25.0 Å². The average Bonchev–Trinajstić information content (AvgIpc) is 3.32. The highest BCUT2D eigenvalue weighted by Gasteiger charge is 2.15. The number of aromatic nitrogens is 1. The SMILES string of the molecule is CCCCNC(=O)c1csc(CN(CCc2ccc(OC)c(OC)c2)Cc2ccc(C)cc2)n1. The number of nitrogens with one attached hydrogen (secondary N) is 1. The molecule has 1 heterocycles. The standard InChI is InChI=1S/C27H35N3O3S/c1-5-6-14-28-27(31)23-19-34-26(29-23)18-30(17-22-9-7-20(2)8-10-22)15-13-21-11-12-24(32-3)25(16-21)33-4/h7-12,16,19H,5-6,13-15,17-18H2,1-4H3,(H,28,31). The molecule has 0 aliphatic carbocycles. The molecule has 1 aromatic heterocycles. The molecule has 0 radical (unpaired) electrons. The number of nitrogens with zero attached hydrogens (tertiary/aromatic N) is 2. The number of carbonyl (C=O) groups excluding carboxylic acids is 1. The summed E-state index contributed by atoms with van der Waals surface area (Å²) in [4.78, 5) is 19.4. The Hall–Kier alpha value is -2.90. The van der Waals surface area contributed by atoms with Crippen molar-refractivity contribution < 1.29 is 14.3 Å². The first-order chi connectivity index (χ1) is 16.5. The molecule has 0 saturated carbocycles. The third kappa shape index (κ3) is 7.57. The lowest BCUT2D eigenvalue weighted by atomic mass is 10.1. The first-order valence-corrected chi connectivity index (χ1v) is 12.6. The fourth-order valence-electron chi connectivity index (χ4n) is 3.64. The van der Waals surface area contributed by atoms with Gasteiger partial charge in [-0.2, -0.15) is 0 Å². The topological polar surface area (TPSA) is 63.7 Å². The Bertz CT molecular complexity index is 1050. The molecular formula is C27H35N3O3S. The minimum Gasteiger partial charge on any atom is -0.493 e. The smallest absolute Gasteiger partial charge is 0.270 e. The zero-order valence-corrected chi connectivity index (χ0v) is 21.4. The van der Waals surface area contributed by atoms with Gasteiger partial charge in [0.2, 0.25) is 0 Å². The van der Waals surface area contributed by atoms with Gasteiger partial charge in [-0.3, -0.25) is 9.69 Å². The summed E-state index contributed by atoms with van der Waals surface area (Å²) in [5, 5.41) is 5.75. The molecule has 0 saturated heterocycles. The maximum Gasteiger partial charge on any atom is 0.270 e. The number of aryl methyl sites for hydroxylation is 1. The van der Waals surface area contributed by atoms with E-state index in [-0.39, 0.29) is 5.91 Å². The predicted molar refractivity (Wildman–Crippen MR) is 138 cm³/mol. The summed E-state index contributed by atoms with van der Waals surface area (Å²) >= 11 is 1.54. The summed E-state index contributed by atoms with van der Waals surface area (Å²) < 4.78 is 10.8. The van der Waals surface area contributed by atoms with E-state index in [0.717, 1.165) is 48.9 Å². The number of amides is 1. The van der Waals surface area contributed by atoms with E-state index in [1.54, 1.807) is 25.6 Å². The van der Waals surface area contributed by atoms with Crippen LogP contribution in [-0.2, 0) is 19.5 Å². The molecule has 1 amide bonds. The molecule has 3 aromatic rings. The largest absolute Gasteiger partial charge is 0.493 e. The lowest BCUT2D eigenvalue weighted by Gasteiger charge is -2.22. The number of hydrogen-bond donors (Lipinski definition) is 1. The molecule has 7 heteroatoms. The number of benzene rings is 2. The number of methoxy groups -OCH3 is 2. The summed E-state index contributed by atoms with van der Waals surface area (Å²) in [6.45, 7) is 7.24. The number of unbranched alkanes of at least 4 members (excludes halogenated alkanes) is 1. The highest BCUT2D eigenvalue weighted by atomic mass is 32.1. The zero-order chi connectivity index (χ0) is 24.3. The summed E-state index contributed by atoms with van der Waals surface area (Å²) in [5.74, 6) is 1.38. The molecule has 0 aliphatic rings. The summed E-state index contributed by atoms with van der Waals surface area (Å²) in [7, 11) is 3.30. The van der Waals surface area contributed by atoms with Crippen LogP contribution in [0.2, 0.25) is 0 Å². The lowest BCUT2D eigenvalue weighted by Crippen LogP contribution is -2.26. The van der Waals surface area contributed by atoms with E-state index in [9.17, 15) is 4.79 Å². The van der Waals surface area contributed by atoms with Gasteiger partial charge in [0.1, 0.15) is 10.7 Å². The molecule has 182 valence electrons. The normalized spacial score (nSPS) is 11.0. The van der Waals surface area contributed by atoms with Gasteiger partial charge >= 0.3 is 0 Å². The zero-order valence-electron chi connectivity index (χ0n) is 20.6. The maximum absolute atomic E-state index is 12.4. The Morgan fingerprint density at radius 1 is 1.03 bits per heavy atom. The number of ether oxygens (including phenoxy) is 2. The van der Waals surface area contributed by atoms with Gasteiger partial charge in [0.25, 0.3) is 5.91 Å². The number of thiazole rings is 1. The molecule has 0 atom stereocenters. The van der Waals surface area contributed by atoms with Crippen LogP contribution in [0.25, 0.3) is 0 Å². The second-order valence-corrected chi connectivity index (χ2v) is 9.31. The van der Waals surface area contributed by atoms with E-state index in [4.69, 9.17) is 9.47 Å². The van der Waals surface area contributed by atoms with Gasteiger partial charge in [-0.05, 0) is 43.0 Å². The van der Waals surface area contributed by atoms with Crippen molar-refractivity contribution in [1.29, 1.82) is 0 Å². The molecule has 2 aromatic carbocycles. The molecule has 3 rings (SSSR count). The fraction of sp³-hybridized carbons (Fsp3) is 0.407. The molecule has 34 heavy (non-hydrogen) atoms. The summed E-state index contributed by atoms with van der Waals surface area (Å²) in [6, 6.07) is 14.7. The van der Waals surface area contributed by atoms with E-state index in [2.05, 4.69) is 59.4 Å². The van der Waals surface area contributed by atoms with Crippen molar-refractivity contribution in [3.05, 3.63) is 75.2 Å². The van der Waals surface area contributed by atoms with Crippen LogP contribution in [0.15, 0.2) is 47.8 Å². The average molecular weight is 482 g/mol. The molecule has 0 unspecified atom stereocenters. The Morgan fingerprint density at radius 2 is 1.76 bits per heavy atom. The van der Waals surface area contributed by atoms with E-state index in [0.29, 0.717) is 18.8 Å². The Morgan fingerprint density at radius 3 is 2.47 bits per heavy atom. The van der Waals surface area contributed by atoms with Crippen LogP contribution in [0.3, 0.4) is 0 Å². The monoisotopic (exact) mass is 481 g/mol. The van der Waals surface area contributed by atoms with Crippen LogP contribution in [-0.4, -0.2) is 43.1 Å². The second-order valence-electron chi connectivity index (χ2n) is 8.37. The Kier molecular flexibility index (Phi) is 9.91. The molecule has 1 N–H and O–H groups in total. The fourth-order valence-corrected chi connectivity index (χ4v) is 4.45. The highest BCUT2D eigenvalue weighted by molar-refractivity contribution is 7.09. The molecule has 0 bridgehead atoms. The van der Waals surface area contributed by atoms with E-state index in [1.807, 2.05) is 17.5 Å². The van der Waals surface area contributed by atoms with E-state index in [1.165, 1.54) is 16.7 Å². The van der Waals surface area contributed by atoms with Gasteiger partial charge in [-0.25, -0.2) is 4.98 Å². The van der Waals surface area contributed by atoms with Crippen molar-refractivity contribution in [2.45, 2.75) is 46.2 Å². The van der Waals surface area contributed by atoms with Crippen molar-refractivity contribution in [3.63, 3.8) is 0 Å². The first-order valence-electron chi connectivity index (χ1n) is 11.7. The molecule has 0 fully saturated rings. The summed E-state index contributed by atoms with van der Waals surface area (Å²) in [6.07, 6.45) is 2.89. The number of rotatable bonds is 13. The molecule has 0 aliphatic heterocycles. The third-order valence-electron chi connectivity index (χ3n) is 5.65. The van der Waals surface area contributed by atoms with Crippen LogP contribution in [0.4, 0.5) is 0 Å². The van der Waals surface area contributed by atoms with Crippen LogP contribution < -0.4 is 14.8 Å². The maximum atomic E-state index is 12.4. The second kappa shape index (κ2) is 13.1. The summed E-state index contributed by atoms with van der Waals surface area (Å²) in [5.41, 5.74) is 4.19. The molecular weight excluding hydrogens is 446 g/mol. The molecule has 6 nitrogen and oxygen atoms in total. The highest BCUT2D eigenvalue weighted by Crippen LogP contribution is 2.28. The quantitative estimate of drug-likeness (QED) is 0.338. The van der Waals surface area contributed by atoms with Gasteiger partial charge < -0.3 is 14.8 Å². The number of hydrogen-bond acceptors (Lipinski definition) is 6. The lowest BCUT2D eigenvalue weighted by molar-refractivity contribution is 0.0948. The van der Waals surface area contributed by atoms with Gasteiger partial charge in [0.05, 0.1) is 20.8 Å². The van der Waals surface area contributed by atoms with Crippen molar-refractivity contribution in [2.75, 3.05) is 27.3 Å². The minimum atomic E-state index is -0.0913. The van der Waals surface area contributed by atoms with Gasteiger partial charge in [-0.15, -0.1) is 11.3 Å². The van der Waals surface area contributed by atoms with Crippen LogP contribution in [0.1, 0.15) is 52.0 Å². The predicted octanol–water partition coefficient (Wildman–Crippen LogP) is 5.24. The van der Waals surface area contributed by atoms with Crippen molar-refractivity contribution in [3.8, 4) is 11.5 Å². The number of carbonyl (C=O) groups is 1. The van der Waals surface area contributed by atoms with E-state index >= 15 is 0 Å². The Labute approximate surface area is 206 Å². The van der Waals surface area contributed by atoms with E-state index < -0.39 is 0 Å². The van der Waals surface area contributed by atoms with Crippen LogP contribution in [0, 0.1) is 6.92 Å². The van der Waals surface area contributed by atoms with Crippen LogP contribution in [0.5, 0.6) is 11.5 Å². The van der Waals surface area contributed by atoms with Crippen molar-refractivity contribution in [1.82, 2.24) is 15.2 Å². The van der Waals surface area contributed by atoms with Crippen molar-refractivity contribution in [2.24, 2.45) is 0 Å². The van der Waals surface area contributed by atoms with Gasteiger partial charge in [0.15, 0.2) is 11.5 Å². The first kappa shape index (κ1) is 25.7. The van der Waals surface area contributed by atoms with Gasteiger partial charge in [-0.1, -0.05) is 49.2 Å². The minimum absolute atomic E-state index is 0.0913. The Balaban J connectivity index is 1.70. The third-order valence-corrected chi connectivity index (χ3v) is 6.48. The van der Waals surface area contributed by atoms with Crippen LogP contribution >= 0.6 is 11.3 Å².